The van der Waals surface area contributed by atoms with E-state index in [-0.39, 0.29) is 6.04 Å². The molecule has 0 saturated heterocycles. The lowest BCUT2D eigenvalue weighted by atomic mass is 10.0. The molecule has 1 atom stereocenters. The van der Waals surface area contributed by atoms with Gasteiger partial charge in [0, 0.05) is 30.9 Å². The van der Waals surface area contributed by atoms with Crippen LogP contribution >= 0.6 is 0 Å². The molecule has 5 heteroatoms. The van der Waals surface area contributed by atoms with Gasteiger partial charge in [-0.1, -0.05) is 25.8 Å². The largest absolute Gasteiger partial charge is 0.363 e. The Bertz CT molecular complexity index is 614. The SMILES string of the molecule is CCCC[C@H](Nc1ncnc2c1CCNCC2)c1cccnc1. The average molecular weight is 311 g/mol. The van der Waals surface area contributed by atoms with E-state index >= 15 is 0 Å². The highest BCUT2D eigenvalue weighted by Crippen LogP contribution is 2.26. The van der Waals surface area contributed by atoms with Crippen LogP contribution in [-0.2, 0) is 12.8 Å². The van der Waals surface area contributed by atoms with Crippen LogP contribution in [0.3, 0.4) is 0 Å². The minimum atomic E-state index is 0.249. The van der Waals surface area contributed by atoms with Crippen LogP contribution in [0.4, 0.5) is 5.82 Å². The van der Waals surface area contributed by atoms with Crippen LogP contribution in [0.2, 0.25) is 0 Å². The van der Waals surface area contributed by atoms with Crippen molar-refractivity contribution in [2.75, 3.05) is 18.4 Å². The lowest BCUT2D eigenvalue weighted by molar-refractivity contribution is 0.629. The maximum absolute atomic E-state index is 4.54. The number of nitrogens with one attached hydrogen (secondary N) is 2. The predicted octanol–water partition coefficient (Wildman–Crippen LogP) is 2.90. The molecule has 2 N–H and O–H groups in total. The summed E-state index contributed by atoms with van der Waals surface area (Å²) in [4.78, 5) is 13.3. The molecule has 0 spiro atoms. The van der Waals surface area contributed by atoms with Crippen LogP contribution in [0.15, 0.2) is 30.9 Å². The third-order valence-corrected chi connectivity index (χ3v) is 4.37. The van der Waals surface area contributed by atoms with Crippen LogP contribution in [0.5, 0.6) is 0 Å². The molecule has 3 heterocycles. The number of nitrogens with zero attached hydrogens (tertiary/aromatic N) is 3. The molecular weight excluding hydrogens is 286 g/mol. The molecule has 0 saturated carbocycles. The van der Waals surface area contributed by atoms with Crippen LogP contribution < -0.4 is 10.6 Å². The molecule has 1 aliphatic rings. The van der Waals surface area contributed by atoms with Gasteiger partial charge in [0.05, 0.1) is 11.7 Å². The van der Waals surface area contributed by atoms with Gasteiger partial charge in [-0.2, -0.15) is 0 Å². The molecule has 122 valence electrons. The fraction of sp³-hybridized carbons (Fsp3) is 0.500. The quantitative estimate of drug-likeness (QED) is 0.859. The van der Waals surface area contributed by atoms with Gasteiger partial charge >= 0.3 is 0 Å². The Morgan fingerprint density at radius 2 is 2.17 bits per heavy atom. The zero-order chi connectivity index (χ0) is 15.9. The van der Waals surface area contributed by atoms with Gasteiger partial charge < -0.3 is 10.6 Å². The summed E-state index contributed by atoms with van der Waals surface area (Å²) < 4.78 is 0. The highest BCUT2D eigenvalue weighted by Gasteiger charge is 2.18. The third-order valence-electron chi connectivity index (χ3n) is 4.37. The van der Waals surface area contributed by atoms with Crippen molar-refractivity contribution in [1.29, 1.82) is 0 Å². The molecule has 0 unspecified atom stereocenters. The first kappa shape index (κ1) is 15.9. The van der Waals surface area contributed by atoms with Gasteiger partial charge in [0.25, 0.3) is 0 Å². The normalized spacial score (nSPS) is 15.5. The van der Waals surface area contributed by atoms with Gasteiger partial charge in [-0.25, -0.2) is 9.97 Å². The number of anilines is 1. The number of fused-ring (bicyclic) bond motifs is 1. The molecule has 2 aromatic rings. The smallest absolute Gasteiger partial charge is 0.133 e. The molecule has 5 nitrogen and oxygen atoms in total. The topological polar surface area (TPSA) is 62.7 Å². The highest BCUT2D eigenvalue weighted by atomic mass is 15.0. The van der Waals surface area contributed by atoms with Gasteiger partial charge in [0.2, 0.25) is 0 Å². The summed E-state index contributed by atoms with van der Waals surface area (Å²) >= 11 is 0. The number of hydrogen-bond acceptors (Lipinski definition) is 5. The summed E-state index contributed by atoms with van der Waals surface area (Å²) in [7, 11) is 0. The lowest BCUT2D eigenvalue weighted by Crippen LogP contribution is -2.17. The molecule has 0 radical (unpaired) electrons. The van der Waals surface area contributed by atoms with E-state index in [0.29, 0.717) is 0 Å². The van der Waals surface area contributed by atoms with Crippen molar-refractivity contribution in [2.45, 2.75) is 45.1 Å². The molecule has 1 aliphatic heterocycles. The molecule has 2 aromatic heterocycles. The summed E-state index contributed by atoms with van der Waals surface area (Å²) in [5.41, 5.74) is 3.66. The second kappa shape index (κ2) is 8.02. The zero-order valence-corrected chi connectivity index (χ0v) is 13.8. The second-order valence-electron chi connectivity index (χ2n) is 6.02. The van der Waals surface area contributed by atoms with Crippen molar-refractivity contribution in [3.8, 4) is 0 Å². The molecule has 0 aliphatic carbocycles. The summed E-state index contributed by atoms with van der Waals surface area (Å²) in [5, 5.41) is 7.10. The molecule has 0 aromatic carbocycles. The predicted molar refractivity (Wildman–Crippen MR) is 92.4 cm³/mol. The van der Waals surface area contributed by atoms with Crippen LogP contribution in [0.1, 0.15) is 49.0 Å². The van der Waals surface area contributed by atoms with Crippen molar-refractivity contribution in [3.63, 3.8) is 0 Å². The summed E-state index contributed by atoms with van der Waals surface area (Å²) in [5.74, 6) is 0.989. The number of rotatable bonds is 6. The maximum atomic E-state index is 4.54. The Morgan fingerprint density at radius 1 is 1.26 bits per heavy atom. The van der Waals surface area contributed by atoms with E-state index in [1.54, 1.807) is 6.33 Å². The Morgan fingerprint density at radius 3 is 3.00 bits per heavy atom. The van der Waals surface area contributed by atoms with Gasteiger partial charge in [-0.15, -0.1) is 0 Å². The zero-order valence-electron chi connectivity index (χ0n) is 13.8. The van der Waals surface area contributed by atoms with Crippen LogP contribution in [0, 0.1) is 0 Å². The summed E-state index contributed by atoms with van der Waals surface area (Å²) in [6.07, 6.45) is 10.9. The van der Waals surface area contributed by atoms with E-state index in [2.05, 4.69) is 38.6 Å². The first-order valence-corrected chi connectivity index (χ1v) is 8.58. The van der Waals surface area contributed by atoms with E-state index < -0.39 is 0 Å². The van der Waals surface area contributed by atoms with Crippen LogP contribution in [0.25, 0.3) is 0 Å². The van der Waals surface area contributed by atoms with Gasteiger partial charge in [0.1, 0.15) is 12.1 Å². The summed E-state index contributed by atoms with van der Waals surface area (Å²) in [6.45, 7) is 4.20. The number of hydrogen-bond donors (Lipinski definition) is 2. The Hall–Kier alpha value is -2.01. The van der Waals surface area contributed by atoms with Gasteiger partial charge in [-0.3, -0.25) is 4.98 Å². The lowest BCUT2D eigenvalue weighted by Gasteiger charge is -2.21. The van der Waals surface area contributed by atoms with Crippen molar-refractivity contribution in [1.82, 2.24) is 20.3 Å². The molecule has 0 bridgehead atoms. The standard InChI is InChI=1S/C18H25N5/c1-2-3-6-16(14-5-4-9-20-12-14)23-18-15-7-10-19-11-8-17(15)21-13-22-18/h4-5,9,12-13,16,19H,2-3,6-8,10-11H2,1H3,(H,21,22,23)/t16-/m0/s1. The summed E-state index contributed by atoms with van der Waals surface area (Å²) in [6, 6.07) is 4.39. The van der Waals surface area contributed by atoms with E-state index in [1.807, 2.05) is 18.5 Å². The molecule has 0 amide bonds. The van der Waals surface area contributed by atoms with E-state index in [4.69, 9.17) is 0 Å². The monoisotopic (exact) mass is 311 g/mol. The number of pyridine rings is 1. The highest BCUT2D eigenvalue weighted by molar-refractivity contribution is 5.48. The molecule has 23 heavy (non-hydrogen) atoms. The molecular formula is C18H25N5. The fourth-order valence-electron chi connectivity index (χ4n) is 3.07. The van der Waals surface area contributed by atoms with E-state index in [1.165, 1.54) is 29.7 Å². The Balaban J connectivity index is 1.85. The number of aromatic nitrogens is 3. The van der Waals surface area contributed by atoms with Crippen LogP contribution in [-0.4, -0.2) is 28.0 Å². The maximum Gasteiger partial charge on any atom is 0.133 e. The van der Waals surface area contributed by atoms with Gasteiger partial charge in [-0.05, 0) is 31.0 Å². The Kier molecular flexibility index (Phi) is 5.53. The minimum Gasteiger partial charge on any atom is -0.363 e. The average Bonchev–Trinajstić information content (AvgIpc) is 2.85. The Labute approximate surface area is 138 Å². The van der Waals surface area contributed by atoms with Gasteiger partial charge in [0.15, 0.2) is 0 Å². The minimum absolute atomic E-state index is 0.249. The second-order valence-corrected chi connectivity index (χ2v) is 6.02. The first-order chi connectivity index (χ1) is 11.4. The van der Waals surface area contributed by atoms with Crippen molar-refractivity contribution >= 4 is 5.82 Å². The van der Waals surface area contributed by atoms with Crippen molar-refractivity contribution in [3.05, 3.63) is 47.7 Å². The number of unbranched alkanes of at least 4 members (excludes halogenated alkanes) is 1. The third kappa shape index (κ3) is 4.05. The molecule has 0 fully saturated rings. The molecule has 3 rings (SSSR count). The first-order valence-electron chi connectivity index (χ1n) is 8.58. The van der Waals surface area contributed by atoms with E-state index in [9.17, 15) is 0 Å². The fourth-order valence-corrected chi connectivity index (χ4v) is 3.07. The van der Waals surface area contributed by atoms with Crippen molar-refractivity contribution < 1.29 is 0 Å². The van der Waals surface area contributed by atoms with E-state index in [0.717, 1.165) is 38.2 Å². The van der Waals surface area contributed by atoms with Crippen molar-refractivity contribution in [2.24, 2.45) is 0 Å².